The van der Waals surface area contributed by atoms with E-state index in [2.05, 4.69) is 25.6 Å². The smallest absolute Gasteiger partial charge is 0.234 e. The number of hydrogen-bond acceptors (Lipinski definition) is 6. The van der Waals surface area contributed by atoms with Crippen LogP contribution in [0.25, 0.3) is 10.9 Å². The molecule has 0 saturated heterocycles. The van der Waals surface area contributed by atoms with Crippen molar-refractivity contribution in [2.45, 2.75) is 6.17 Å². The number of fused-ring (bicyclic) bond motifs is 1. The summed E-state index contributed by atoms with van der Waals surface area (Å²) in [6.45, 7) is 0. The molecule has 0 fully saturated rings. The van der Waals surface area contributed by atoms with Crippen LogP contribution in [0.15, 0.2) is 64.7 Å². The van der Waals surface area contributed by atoms with Crippen molar-refractivity contribution in [1.29, 1.82) is 0 Å². The Kier molecular flexibility index (Phi) is 5.23. The van der Waals surface area contributed by atoms with E-state index in [0.29, 0.717) is 15.9 Å². The minimum atomic E-state index is -0.459. The van der Waals surface area contributed by atoms with Gasteiger partial charge in [-0.3, -0.25) is 4.79 Å². The number of aliphatic imine (C=N–C) groups is 2. The Balaban J connectivity index is 1.44. The van der Waals surface area contributed by atoms with Crippen molar-refractivity contribution in [3.05, 3.63) is 65.3 Å². The number of amidine groups is 1. The fourth-order valence-corrected chi connectivity index (χ4v) is 3.65. The largest absolute Gasteiger partial charge is 0.370 e. The third kappa shape index (κ3) is 4.13. The van der Waals surface area contributed by atoms with Crippen LogP contribution in [0.3, 0.4) is 0 Å². The van der Waals surface area contributed by atoms with Crippen molar-refractivity contribution in [1.82, 2.24) is 10.3 Å². The number of benzene rings is 2. The highest BCUT2D eigenvalue weighted by molar-refractivity contribution is 8.14. The van der Waals surface area contributed by atoms with E-state index in [0.717, 1.165) is 16.5 Å². The van der Waals surface area contributed by atoms with Crippen LogP contribution < -0.4 is 16.4 Å². The van der Waals surface area contributed by atoms with Crippen molar-refractivity contribution >= 4 is 57.0 Å². The number of amides is 1. The molecule has 5 N–H and O–H groups in total. The summed E-state index contributed by atoms with van der Waals surface area (Å²) in [5.74, 6) is 0.301. The first-order valence-corrected chi connectivity index (χ1v) is 9.87. The van der Waals surface area contributed by atoms with Gasteiger partial charge in [0.25, 0.3) is 0 Å². The van der Waals surface area contributed by atoms with Crippen molar-refractivity contribution in [3.63, 3.8) is 0 Å². The summed E-state index contributed by atoms with van der Waals surface area (Å²) in [5.41, 5.74) is 8.56. The van der Waals surface area contributed by atoms with E-state index in [1.165, 1.54) is 11.8 Å². The zero-order valence-corrected chi connectivity index (χ0v) is 16.2. The number of carbonyl (C=O) groups is 1. The van der Waals surface area contributed by atoms with Crippen molar-refractivity contribution in [2.75, 3.05) is 11.1 Å². The van der Waals surface area contributed by atoms with Crippen LogP contribution in [0.5, 0.6) is 0 Å². The van der Waals surface area contributed by atoms with Crippen LogP contribution in [-0.4, -0.2) is 27.8 Å². The number of hydrogen-bond donors (Lipinski definition) is 4. The molecule has 1 aliphatic rings. The van der Waals surface area contributed by atoms with Crippen LogP contribution in [0.1, 0.15) is 11.7 Å². The van der Waals surface area contributed by atoms with Gasteiger partial charge in [-0.1, -0.05) is 41.6 Å². The Labute approximate surface area is 170 Å². The standard InChI is InChI=1S/C19H17ClN6OS/c20-11-5-7-12(8-6-11)23-16(27)10-28-19-25-17(24-18(21)26-19)14-9-22-15-4-2-1-3-13(14)15/h1-9,17,22H,10H2,(H,23,27)(H3,21,24,25,26). The molecule has 3 aromatic rings. The highest BCUT2D eigenvalue weighted by Gasteiger charge is 2.20. The quantitative estimate of drug-likeness (QED) is 0.526. The number of thioether (sulfide) groups is 1. The number of aromatic amines is 1. The Morgan fingerprint density at radius 1 is 1.18 bits per heavy atom. The molecule has 2 heterocycles. The molecule has 0 spiro atoms. The fraction of sp³-hybridized carbons (Fsp3) is 0.105. The number of anilines is 1. The maximum atomic E-state index is 12.2. The Morgan fingerprint density at radius 2 is 1.96 bits per heavy atom. The summed E-state index contributed by atoms with van der Waals surface area (Å²) in [6.07, 6.45) is 1.43. The normalized spacial score (nSPS) is 16.2. The Morgan fingerprint density at radius 3 is 2.79 bits per heavy atom. The van der Waals surface area contributed by atoms with E-state index >= 15 is 0 Å². The van der Waals surface area contributed by atoms with Gasteiger partial charge in [-0.2, -0.15) is 0 Å². The molecule has 2 aromatic carbocycles. The van der Waals surface area contributed by atoms with Crippen LogP contribution in [0.2, 0.25) is 5.02 Å². The number of guanidine groups is 1. The molecular weight excluding hydrogens is 396 g/mol. The molecule has 1 aliphatic heterocycles. The lowest BCUT2D eigenvalue weighted by Crippen LogP contribution is -2.39. The van der Waals surface area contributed by atoms with E-state index < -0.39 is 6.17 Å². The lowest BCUT2D eigenvalue weighted by molar-refractivity contribution is -0.113. The van der Waals surface area contributed by atoms with Gasteiger partial charge in [-0.25, -0.2) is 9.98 Å². The van der Waals surface area contributed by atoms with Gasteiger partial charge in [0.2, 0.25) is 5.91 Å². The first-order valence-electron chi connectivity index (χ1n) is 8.51. The average molecular weight is 413 g/mol. The first-order chi connectivity index (χ1) is 13.6. The van der Waals surface area contributed by atoms with Gasteiger partial charge < -0.3 is 21.4 Å². The van der Waals surface area contributed by atoms with Crippen LogP contribution >= 0.6 is 23.4 Å². The van der Waals surface area contributed by atoms with Crippen molar-refractivity contribution < 1.29 is 4.79 Å². The van der Waals surface area contributed by atoms with Crippen LogP contribution in [-0.2, 0) is 4.79 Å². The van der Waals surface area contributed by atoms with Gasteiger partial charge in [0.1, 0.15) is 0 Å². The number of nitrogens with zero attached hydrogens (tertiary/aromatic N) is 2. The molecule has 0 bridgehead atoms. The molecule has 9 heteroatoms. The second-order valence-electron chi connectivity index (χ2n) is 6.08. The highest BCUT2D eigenvalue weighted by Crippen LogP contribution is 2.29. The molecule has 1 unspecified atom stereocenters. The van der Waals surface area contributed by atoms with Gasteiger partial charge in [0, 0.05) is 33.4 Å². The van der Waals surface area contributed by atoms with Crippen molar-refractivity contribution in [3.8, 4) is 0 Å². The molecule has 0 saturated carbocycles. The first kappa shape index (κ1) is 18.4. The summed E-state index contributed by atoms with van der Waals surface area (Å²) >= 11 is 7.12. The second-order valence-corrected chi connectivity index (χ2v) is 7.48. The number of nitrogens with two attached hydrogens (primary N) is 1. The minimum Gasteiger partial charge on any atom is -0.370 e. The molecule has 1 aromatic heterocycles. The van der Waals surface area contributed by atoms with E-state index in [1.54, 1.807) is 24.3 Å². The molecule has 0 aliphatic carbocycles. The van der Waals surface area contributed by atoms with E-state index in [1.807, 2.05) is 30.5 Å². The lowest BCUT2D eigenvalue weighted by atomic mass is 10.1. The number of carbonyl (C=O) groups excluding carboxylic acids is 1. The second kappa shape index (κ2) is 7.95. The zero-order valence-electron chi connectivity index (χ0n) is 14.6. The van der Waals surface area contributed by atoms with Crippen LogP contribution in [0.4, 0.5) is 5.69 Å². The predicted octanol–water partition coefficient (Wildman–Crippen LogP) is 3.47. The third-order valence-corrected chi connectivity index (χ3v) is 5.24. The summed E-state index contributed by atoms with van der Waals surface area (Å²) in [7, 11) is 0. The highest BCUT2D eigenvalue weighted by atomic mass is 35.5. The topological polar surface area (TPSA) is 108 Å². The fourth-order valence-electron chi connectivity index (χ4n) is 2.83. The summed E-state index contributed by atoms with van der Waals surface area (Å²) < 4.78 is 0. The number of aromatic nitrogens is 1. The average Bonchev–Trinajstić information content (AvgIpc) is 3.12. The van der Waals surface area contributed by atoms with Gasteiger partial charge >= 0.3 is 0 Å². The number of rotatable bonds is 4. The minimum absolute atomic E-state index is 0.151. The maximum absolute atomic E-state index is 12.2. The number of H-pyrrole nitrogens is 1. The molecule has 1 atom stereocenters. The molecule has 7 nitrogen and oxygen atoms in total. The molecule has 1 amide bonds. The molecule has 4 rings (SSSR count). The summed E-state index contributed by atoms with van der Waals surface area (Å²) in [4.78, 5) is 24.4. The predicted molar refractivity (Wildman–Crippen MR) is 116 cm³/mol. The van der Waals surface area contributed by atoms with Crippen molar-refractivity contribution in [2.24, 2.45) is 15.7 Å². The van der Waals surface area contributed by atoms with E-state index in [-0.39, 0.29) is 17.6 Å². The zero-order chi connectivity index (χ0) is 19.5. The van der Waals surface area contributed by atoms with Gasteiger partial charge in [0.15, 0.2) is 17.3 Å². The van der Waals surface area contributed by atoms with E-state index in [4.69, 9.17) is 17.3 Å². The lowest BCUT2D eigenvalue weighted by Gasteiger charge is -2.18. The molecule has 0 radical (unpaired) electrons. The van der Waals surface area contributed by atoms with E-state index in [9.17, 15) is 4.79 Å². The number of halogens is 1. The maximum Gasteiger partial charge on any atom is 0.234 e. The molecular formula is C19H17ClN6OS. The SMILES string of the molecule is NC1=NC(c2c[nH]c3ccccc23)N=C(SCC(=O)Nc2ccc(Cl)cc2)N1. The number of nitrogens with one attached hydrogen (secondary N) is 3. The summed E-state index contributed by atoms with van der Waals surface area (Å²) in [5, 5.41) is 7.94. The van der Waals surface area contributed by atoms with Crippen LogP contribution in [0, 0.1) is 0 Å². The third-order valence-electron chi connectivity index (χ3n) is 4.10. The Hall–Kier alpha value is -2.97. The molecule has 142 valence electrons. The monoisotopic (exact) mass is 412 g/mol. The van der Waals surface area contributed by atoms with Gasteiger partial charge in [-0.15, -0.1) is 0 Å². The Bertz CT molecular complexity index is 1080. The molecule has 28 heavy (non-hydrogen) atoms. The van der Waals surface area contributed by atoms with Gasteiger partial charge in [-0.05, 0) is 30.3 Å². The number of para-hydroxylation sites is 1. The van der Waals surface area contributed by atoms with Gasteiger partial charge in [0.05, 0.1) is 5.75 Å². The summed E-state index contributed by atoms with van der Waals surface area (Å²) in [6, 6.07) is 14.9.